The molecule has 0 bridgehead atoms. The van der Waals surface area contributed by atoms with Gasteiger partial charge in [-0.1, -0.05) is 29.8 Å². The zero-order valence-corrected chi connectivity index (χ0v) is 14.4. The average molecular weight is 313 g/mol. The van der Waals surface area contributed by atoms with Gasteiger partial charge in [-0.2, -0.15) is 0 Å². The Kier molecular flexibility index (Phi) is 5.13. The van der Waals surface area contributed by atoms with E-state index >= 15 is 0 Å². The second kappa shape index (κ2) is 7.28. The Morgan fingerprint density at radius 2 is 2.22 bits per heavy atom. The third-order valence-electron chi connectivity index (χ3n) is 4.81. The summed E-state index contributed by atoms with van der Waals surface area (Å²) < 4.78 is 7.82. The van der Waals surface area contributed by atoms with E-state index in [4.69, 9.17) is 4.74 Å². The average Bonchev–Trinajstić information content (AvgIpc) is 2.94. The molecule has 3 rings (SSSR count). The first-order valence-corrected chi connectivity index (χ1v) is 8.41. The molecule has 2 aromatic rings. The second-order valence-corrected chi connectivity index (χ2v) is 6.78. The van der Waals surface area contributed by atoms with Crippen LogP contribution in [0.1, 0.15) is 23.2 Å². The summed E-state index contributed by atoms with van der Waals surface area (Å²) in [4.78, 5) is 6.90. The van der Waals surface area contributed by atoms with Crippen LogP contribution in [0.3, 0.4) is 0 Å². The van der Waals surface area contributed by atoms with Crippen molar-refractivity contribution in [2.75, 3.05) is 20.2 Å². The van der Waals surface area contributed by atoms with Crippen molar-refractivity contribution in [3.63, 3.8) is 0 Å². The largest absolute Gasteiger partial charge is 0.380 e. The normalized spacial score (nSPS) is 22.4. The van der Waals surface area contributed by atoms with Crippen LogP contribution in [0, 0.1) is 12.8 Å². The topological polar surface area (TPSA) is 30.3 Å². The van der Waals surface area contributed by atoms with Gasteiger partial charge in [0.25, 0.3) is 0 Å². The predicted octanol–water partition coefficient (Wildman–Crippen LogP) is 2.81. The molecular weight excluding hydrogens is 286 g/mol. The lowest BCUT2D eigenvalue weighted by Gasteiger charge is -2.37. The Morgan fingerprint density at radius 1 is 1.35 bits per heavy atom. The third-order valence-corrected chi connectivity index (χ3v) is 4.81. The zero-order chi connectivity index (χ0) is 16.2. The van der Waals surface area contributed by atoms with Crippen LogP contribution in [0.15, 0.2) is 36.8 Å². The summed E-state index contributed by atoms with van der Waals surface area (Å²) in [6.45, 7) is 5.18. The van der Waals surface area contributed by atoms with Gasteiger partial charge in [0.05, 0.1) is 18.1 Å². The third kappa shape index (κ3) is 4.21. The molecule has 1 fully saturated rings. The molecule has 23 heavy (non-hydrogen) atoms. The number of imidazole rings is 1. The minimum Gasteiger partial charge on any atom is -0.380 e. The van der Waals surface area contributed by atoms with Gasteiger partial charge in [-0.3, -0.25) is 4.90 Å². The van der Waals surface area contributed by atoms with Crippen LogP contribution in [-0.2, 0) is 24.8 Å². The predicted molar refractivity (Wildman–Crippen MR) is 92.3 cm³/mol. The molecule has 0 spiro atoms. The first-order chi connectivity index (χ1) is 11.1. The Morgan fingerprint density at radius 3 is 2.91 bits per heavy atom. The molecule has 0 saturated carbocycles. The quantitative estimate of drug-likeness (QED) is 0.850. The second-order valence-electron chi connectivity index (χ2n) is 6.78. The summed E-state index contributed by atoms with van der Waals surface area (Å²) >= 11 is 0. The van der Waals surface area contributed by atoms with E-state index in [1.54, 1.807) is 0 Å². The maximum absolute atomic E-state index is 5.81. The van der Waals surface area contributed by atoms with E-state index in [1.807, 2.05) is 25.1 Å². The minimum atomic E-state index is 0.299. The monoisotopic (exact) mass is 313 g/mol. The lowest BCUT2D eigenvalue weighted by molar-refractivity contribution is -0.0139. The summed E-state index contributed by atoms with van der Waals surface area (Å²) in [5, 5.41) is 0. The van der Waals surface area contributed by atoms with Crippen LogP contribution in [0.2, 0.25) is 0 Å². The number of hydrogen-bond acceptors (Lipinski definition) is 3. The molecule has 2 atom stereocenters. The Labute approximate surface area is 139 Å². The summed E-state index contributed by atoms with van der Waals surface area (Å²) in [6, 6.07) is 8.85. The van der Waals surface area contributed by atoms with Gasteiger partial charge in [0.1, 0.15) is 0 Å². The van der Waals surface area contributed by atoms with E-state index in [2.05, 4.69) is 47.3 Å². The summed E-state index contributed by atoms with van der Waals surface area (Å²) in [7, 11) is 3.86. The Hall–Kier alpha value is -1.65. The van der Waals surface area contributed by atoms with Crippen molar-refractivity contribution in [1.29, 1.82) is 0 Å². The van der Waals surface area contributed by atoms with E-state index in [0.29, 0.717) is 12.0 Å². The maximum Gasteiger partial charge on any atom is 0.0947 e. The summed E-state index contributed by atoms with van der Waals surface area (Å²) in [5.74, 6) is 0.599. The smallest absolute Gasteiger partial charge is 0.0947 e. The summed E-state index contributed by atoms with van der Waals surface area (Å²) in [5.41, 5.74) is 3.90. The molecule has 0 aliphatic carbocycles. The van der Waals surface area contributed by atoms with Crippen LogP contribution in [0.4, 0.5) is 0 Å². The summed E-state index contributed by atoms with van der Waals surface area (Å²) in [6.07, 6.45) is 6.55. The van der Waals surface area contributed by atoms with Gasteiger partial charge in [0.15, 0.2) is 0 Å². The van der Waals surface area contributed by atoms with Gasteiger partial charge < -0.3 is 9.30 Å². The van der Waals surface area contributed by atoms with Crippen LogP contribution in [0.25, 0.3) is 0 Å². The lowest BCUT2D eigenvalue weighted by Crippen LogP contribution is -2.45. The molecule has 1 aliphatic rings. The maximum atomic E-state index is 5.81. The van der Waals surface area contributed by atoms with Gasteiger partial charge in [-0.15, -0.1) is 0 Å². The van der Waals surface area contributed by atoms with Crippen LogP contribution in [0.5, 0.6) is 0 Å². The highest BCUT2D eigenvalue weighted by Crippen LogP contribution is 2.25. The van der Waals surface area contributed by atoms with Gasteiger partial charge in [-0.05, 0) is 37.8 Å². The molecule has 4 heteroatoms. The highest BCUT2D eigenvalue weighted by molar-refractivity contribution is 5.22. The number of aromatic nitrogens is 2. The van der Waals surface area contributed by atoms with Gasteiger partial charge in [0, 0.05) is 33.4 Å². The Balaban J connectivity index is 1.60. The molecule has 4 nitrogen and oxygen atoms in total. The van der Waals surface area contributed by atoms with Crippen molar-refractivity contribution in [2.24, 2.45) is 13.0 Å². The highest BCUT2D eigenvalue weighted by atomic mass is 16.5. The molecule has 0 radical (unpaired) electrons. The Bertz CT molecular complexity index is 637. The van der Waals surface area contributed by atoms with Crippen molar-refractivity contribution in [3.05, 3.63) is 53.6 Å². The standard InChI is InChI=1S/C19H27N3O/c1-15-5-4-6-16(9-15)10-17-7-8-22(13-19(17)23-3)12-18-11-21(2)14-20-18/h4-6,9,11,14,17,19H,7-8,10,12-13H2,1-3H3/t17-,19+/m1/s1. The van der Waals surface area contributed by atoms with Gasteiger partial charge >= 0.3 is 0 Å². The van der Waals surface area contributed by atoms with Crippen molar-refractivity contribution >= 4 is 0 Å². The van der Waals surface area contributed by atoms with E-state index in [1.165, 1.54) is 17.5 Å². The lowest BCUT2D eigenvalue weighted by atomic mass is 9.87. The highest BCUT2D eigenvalue weighted by Gasteiger charge is 2.29. The van der Waals surface area contributed by atoms with Crippen molar-refractivity contribution in [2.45, 2.75) is 32.4 Å². The SMILES string of the molecule is CO[C@H]1CN(Cc2cn(C)cn2)CC[C@@H]1Cc1cccc(C)c1. The molecular formula is C19H27N3O. The molecule has 124 valence electrons. The fourth-order valence-electron chi connectivity index (χ4n) is 3.59. The fourth-order valence-corrected chi connectivity index (χ4v) is 3.59. The van der Waals surface area contributed by atoms with E-state index in [0.717, 1.165) is 31.7 Å². The fraction of sp³-hybridized carbons (Fsp3) is 0.526. The van der Waals surface area contributed by atoms with E-state index in [-0.39, 0.29) is 0 Å². The number of benzene rings is 1. The van der Waals surface area contributed by atoms with Crippen LogP contribution < -0.4 is 0 Å². The molecule has 2 heterocycles. The number of likely N-dealkylation sites (tertiary alicyclic amines) is 1. The number of nitrogens with zero attached hydrogens (tertiary/aromatic N) is 3. The number of ether oxygens (including phenoxy) is 1. The van der Waals surface area contributed by atoms with Crippen molar-refractivity contribution in [3.8, 4) is 0 Å². The molecule has 0 N–H and O–H groups in total. The van der Waals surface area contributed by atoms with E-state index in [9.17, 15) is 0 Å². The first kappa shape index (κ1) is 16.2. The number of piperidine rings is 1. The van der Waals surface area contributed by atoms with Crippen molar-refractivity contribution < 1.29 is 4.74 Å². The molecule has 0 amide bonds. The molecule has 1 aromatic carbocycles. The first-order valence-electron chi connectivity index (χ1n) is 8.41. The molecule has 1 aliphatic heterocycles. The minimum absolute atomic E-state index is 0.299. The van der Waals surface area contributed by atoms with Gasteiger partial charge in [-0.25, -0.2) is 4.98 Å². The number of rotatable bonds is 5. The zero-order valence-electron chi connectivity index (χ0n) is 14.4. The number of methoxy groups -OCH3 is 1. The molecule has 1 aromatic heterocycles. The number of aryl methyl sites for hydroxylation is 2. The van der Waals surface area contributed by atoms with Crippen LogP contribution in [-0.4, -0.2) is 40.8 Å². The molecule has 1 saturated heterocycles. The van der Waals surface area contributed by atoms with E-state index < -0.39 is 0 Å². The number of hydrogen-bond donors (Lipinski definition) is 0. The van der Waals surface area contributed by atoms with Crippen molar-refractivity contribution in [1.82, 2.24) is 14.5 Å². The van der Waals surface area contributed by atoms with Gasteiger partial charge in [0.2, 0.25) is 0 Å². The van der Waals surface area contributed by atoms with Crippen LogP contribution >= 0.6 is 0 Å². The molecule has 0 unspecified atom stereocenters.